The molecule has 1 aliphatic carbocycles. The van der Waals surface area contributed by atoms with Crippen molar-refractivity contribution in [3.8, 4) is 0 Å². The SMILES string of the molecule is CCCC1CC1Nc1ccc(Cl)cc1N. The summed E-state index contributed by atoms with van der Waals surface area (Å²) in [5.41, 5.74) is 7.63. The van der Waals surface area contributed by atoms with Crippen molar-refractivity contribution in [3.05, 3.63) is 23.2 Å². The van der Waals surface area contributed by atoms with Crippen LogP contribution in [0.2, 0.25) is 5.02 Å². The molecule has 0 spiro atoms. The van der Waals surface area contributed by atoms with Crippen molar-refractivity contribution in [1.82, 2.24) is 0 Å². The highest BCUT2D eigenvalue weighted by Gasteiger charge is 2.35. The highest BCUT2D eigenvalue weighted by molar-refractivity contribution is 6.31. The van der Waals surface area contributed by atoms with Crippen LogP contribution in [0.3, 0.4) is 0 Å². The van der Waals surface area contributed by atoms with Gasteiger partial charge in [-0.05, 0) is 37.0 Å². The van der Waals surface area contributed by atoms with E-state index in [1.807, 2.05) is 12.1 Å². The van der Waals surface area contributed by atoms with Gasteiger partial charge in [-0.2, -0.15) is 0 Å². The van der Waals surface area contributed by atoms with Crippen molar-refractivity contribution in [2.75, 3.05) is 11.1 Å². The van der Waals surface area contributed by atoms with E-state index in [2.05, 4.69) is 12.2 Å². The van der Waals surface area contributed by atoms with Gasteiger partial charge in [0.2, 0.25) is 0 Å². The minimum atomic E-state index is 0.619. The van der Waals surface area contributed by atoms with Crippen LogP contribution in [0.5, 0.6) is 0 Å². The minimum absolute atomic E-state index is 0.619. The summed E-state index contributed by atoms with van der Waals surface area (Å²) in [5.74, 6) is 0.838. The molecule has 2 atom stereocenters. The largest absolute Gasteiger partial charge is 0.397 e. The fraction of sp³-hybridized carbons (Fsp3) is 0.500. The molecule has 0 radical (unpaired) electrons. The molecule has 0 saturated heterocycles. The lowest BCUT2D eigenvalue weighted by Crippen LogP contribution is -2.06. The lowest BCUT2D eigenvalue weighted by molar-refractivity contribution is 0.693. The first kappa shape index (κ1) is 10.6. The fourth-order valence-corrected chi connectivity index (χ4v) is 2.16. The molecule has 0 heterocycles. The molecular formula is C12H17ClN2. The van der Waals surface area contributed by atoms with E-state index in [0.29, 0.717) is 11.1 Å². The van der Waals surface area contributed by atoms with Crippen LogP contribution in [0, 0.1) is 5.92 Å². The second kappa shape index (κ2) is 4.31. The number of nitrogens with two attached hydrogens (primary N) is 1. The third-order valence-electron chi connectivity index (χ3n) is 2.94. The van der Waals surface area contributed by atoms with Crippen LogP contribution < -0.4 is 11.1 Å². The van der Waals surface area contributed by atoms with Crippen molar-refractivity contribution >= 4 is 23.0 Å². The van der Waals surface area contributed by atoms with Crippen LogP contribution in [0.4, 0.5) is 11.4 Å². The topological polar surface area (TPSA) is 38.0 Å². The van der Waals surface area contributed by atoms with E-state index < -0.39 is 0 Å². The van der Waals surface area contributed by atoms with Gasteiger partial charge >= 0.3 is 0 Å². The molecule has 1 saturated carbocycles. The van der Waals surface area contributed by atoms with Gasteiger partial charge < -0.3 is 11.1 Å². The molecule has 2 nitrogen and oxygen atoms in total. The van der Waals surface area contributed by atoms with E-state index in [-0.39, 0.29) is 0 Å². The zero-order chi connectivity index (χ0) is 10.8. The van der Waals surface area contributed by atoms with E-state index >= 15 is 0 Å². The number of hydrogen-bond acceptors (Lipinski definition) is 2. The summed E-state index contributed by atoms with van der Waals surface area (Å²) < 4.78 is 0. The van der Waals surface area contributed by atoms with Crippen molar-refractivity contribution in [1.29, 1.82) is 0 Å². The number of benzene rings is 1. The Morgan fingerprint density at radius 3 is 3.00 bits per heavy atom. The van der Waals surface area contributed by atoms with E-state index in [1.54, 1.807) is 6.07 Å². The van der Waals surface area contributed by atoms with Crippen molar-refractivity contribution in [3.63, 3.8) is 0 Å². The molecule has 1 fully saturated rings. The average molecular weight is 225 g/mol. The summed E-state index contributed by atoms with van der Waals surface area (Å²) in [6.45, 7) is 2.23. The molecule has 3 heteroatoms. The number of halogens is 1. The molecule has 82 valence electrons. The van der Waals surface area contributed by atoms with E-state index in [0.717, 1.165) is 17.3 Å². The highest BCUT2D eigenvalue weighted by atomic mass is 35.5. The molecule has 0 amide bonds. The number of nitrogens with one attached hydrogen (secondary N) is 1. The fourth-order valence-electron chi connectivity index (χ4n) is 1.98. The average Bonchev–Trinajstić information content (AvgIpc) is 2.90. The number of rotatable bonds is 4. The molecule has 15 heavy (non-hydrogen) atoms. The Kier molecular flexibility index (Phi) is 3.06. The number of nitrogen functional groups attached to an aromatic ring is 1. The van der Waals surface area contributed by atoms with Crippen molar-refractivity contribution < 1.29 is 0 Å². The lowest BCUT2D eigenvalue weighted by atomic mass is 10.2. The Bertz CT molecular complexity index is 351. The second-order valence-electron chi connectivity index (χ2n) is 4.27. The maximum atomic E-state index is 5.87. The predicted molar refractivity (Wildman–Crippen MR) is 66.3 cm³/mol. The Morgan fingerprint density at radius 1 is 1.53 bits per heavy atom. The number of anilines is 2. The van der Waals surface area contributed by atoms with Crippen LogP contribution in [-0.4, -0.2) is 6.04 Å². The van der Waals surface area contributed by atoms with Crippen molar-refractivity contribution in [2.45, 2.75) is 32.2 Å². The summed E-state index contributed by atoms with van der Waals surface area (Å²) in [4.78, 5) is 0. The minimum Gasteiger partial charge on any atom is -0.397 e. The monoisotopic (exact) mass is 224 g/mol. The summed E-state index contributed by atoms with van der Waals surface area (Å²) in [7, 11) is 0. The summed E-state index contributed by atoms with van der Waals surface area (Å²) in [6.07, 6.45) is 3.85. The van der Waals surface area contributed by atoms with Gasteiger partial charge in [0.25, 0.3) is 0 Å². The number of hydrogen-bond donors (Lipinski definition) is 2. The van der Waals surface area contributed by atoms with Gasteiger partial charge in [0.1, 0.15) is 0 Å². The van der Waals surface area contributed by atoms with E-state index in [1.165, 1.54) is 19.3 Å². The van der Waals surface area contributed by atoms with Gasteiger partial charge in [-0.15, -0.1) is 0 Å². The molecule has 1 aliphatic rings. The lowest BCUT2D eigenvalue weighted by Gasteiger charge is -2.09. The van der Waals surface area contributed by atoms with Gasteiger partial charge in [0.05, 0.1) is 11.4 Å². The molecular weight excluding hydrogens is 208 g/mol. The summed E-state index contributed by atoms with van der Waals surface area (Å²) in [6, 6.07) is 6.24. The molecule has 1 aromatic rings. The summed E-state index contributed by atoms with van der Waals surface area (Å²) in [5, 5.41) is 4.16. The van der Waals surface area contributed by atoms with Gasteiger partial charge in [-0.25, -0.2) is 0 Å². The predicted octanol–water partition coefficient (Wildman–Crippen LogP) is 3.52. The van der Waals surface area contributed by atoms with Crippen LogP contribution in [-0.2, 0) is 0 Å². The quantitative estimate of drug-likeness (QED) is 0.768. The van der Waals surface area contributed by atoms with Crippen LogP contribution >= 0.6 is 11.6 Å². The van der Waals surface area contributed by atoms with Crippen molar-refractivity contribution in [2.24, 2.45) is 5.92 Å². The zero-order valence-electron chi connectivity index (χ0n) is 8.96. The molecule has 1 aromatic carbocycles. The third kappa shape index (κ3) is 2.57. The smallest absolute Gasteiger partial charge is 0.0577 e. The summed E-state index contributed by atoms with van der Waals surface area (Å²) >= 11 is 5.84. The molecule has 2 unspecified atom stereocenters. The van der Waals surface area contributed by atoms with E-state index in [9.17, 15) is 0 Å². The van der Waals surface area contributed by atoms with Crippen LogP contribution in [0.1, 0.15) is 26.2 Å². The maximum Gasteiger partial charge on any atom is 0.0577 e. The Balaban J connectivity index is 1.95. The Hall–Kier alpha value is -0.890. The van der Waals surface area contributed by atoms with Gasteiger partial charge in [0.15, 0.2) is 0 Å². The second-order valence-corrected chi connectivity index (χ2v) is 4.70. The first-order valence-corrected chi connectivity index (χ1v) is 5.90. The maximum absolute atomic E-state index is 5.87. The first-order valence-electron chi connectivity index (χ1n) is 5.52. The zero-order valence-corrected chi connectivity index (χ0v) is 9.72. The van der Waals surface area contributed by atoms with Crippen LogP contribution in [0.25, 0.3) is 0 Å². The normalized spacial score (nSPS) is 23.9. The molecule has 0 aliphatic heterocycles. The van der Waals surface area contributed by atoms with Gasteiger partial charge in [-0.3, -0.25) is 0 Å². The standard InChI is InChI=1S/C12H17ClN2/c1-2-3-8-6-12(8)15-11-5-4-9(13)7-10(11)14/h4-5,7-8,12,15H,2-3,6,14H2,1H3. The molecule has 0 aromatic heterocycles. The van der Waals surface area contributed by atoms with E-state index in [4.69, 9.17) is 17.3 Å². The molecule has 0 bridgehead atoms. The Morgan fingerprint density at radius 2 is 2.33 bits per heavy atom. The third-order valence-corrected chi connectivity index (χ3v) is 3.17. The highest BCUT2D eigenvalue weighted by Crippen LogP contribution is 2.38. The first-order chi connectivity index (χ1) is 7.20. The molecule has 2 rings (SSSR count). The van der Waals surface area contributed by atoms with Crippen LogP contribution in [0.15, 0.2) is 18.2 Å². The molecule has 3 N–H and O–H groups in total. The van der Waals surface area contributed by atoms with Gasteiger partial charge in [0, 0.05) is 11.1 Å². The Labute approximate surface area is 95.8 Å². The van der Waals surface area contributed by atoms with Gasteiger partial charge in [-0.1, -0.05) is 24.9 Å².